The van der Waals surface area contributed by atoms with Crippen molar-refractivity contribution in [3.05, 3.63) is 58.4 Å². The third-order valence-corrected chi connectivity index (χ3v) is 5.19. The molecule has 0 spiro atoms. The lowest BCUT2D eigenvalue weighted by atomic mass is 9.93. The van der Waals surface area contributed by atoms with Gasteiger partial charge in [-0.2, -0.15) is 22.8 Å². The van der Waals surface area contributed by atoms with Gasteiger partial charge in [0.2, 0.25) is 0 Å². The quantitative estimate of drug-likeness (QED) is 0.751. The molecule has 0 bridgehead atoms. The van der Waals surface area contributed by atoms with E-state index in [4.69, 9.17) is 10.00 Å². The number of aliphatic hydroxyl groups is 1. The highest BCUT2D eigenvalue weighted by atomic mass is 19.3. The molecular weight excluding hydrogens is 369 g/mol. The zero-order valence-electron chi connectivity index (χ0n) is 13.9. The van der Waals surface area contributed by atoms with Crippen molar-refractivity contribution >= 4 is 0 Å². The van der Waals surface area contributed by atoms with Crippen LogP contribution in [0, 0.1) is 17.1 Å². The van der Waals surface area contributed by atoms with Crippen LogP contribution < -0.4 is 4.74 Å². The topological polar surface area (TPSA) is 53.2 Å². The predicted molar refractivity (Wildman–Crippen MR) is 83.4 cm³/mol. The minimum absolute atomic E-state index is 0.0230. The summed E-state index contributed by atoms with van der Waals surface area (Å²) < 4.78 is 76.3. The molecule has 0 fully saturated rings. The van der Waals surface area contributed by atoms with Crippen LogP contribution in [0.3, 0.4) is 0 Å². The Morgan fingerprint density at radius 2 is 1.89 bits per heavy atom. The maximum atomic E-state index is 14.4. The van der Waals surface area contributed by atoms with Crippen molar-refractivity contribution in [3.8, 4) is 17.6 Å². The Morgan fingerprint density at radius 1 is 1.19 bits per heavy atom. The monoisotopic (exact) mass is 381 g/mol. The molecule has 27 heavy (non-hydrogen) atoms. The van der Waals surface area contributed by atoms with Crippen molar-refractivity contribution < 1.29 is 31.8 Å². The van der Waals surface area contributed by atoms with Crippen molar-refractivity contribution in [2.24, 2.45) is 0 Å². The summed E-state index contributed by atoms with van der Waals surface area (Å²) in [7, 11) is 0. The van der Waals surface area contributed by atoms with E-state index in [1.807, 2.05) is 0 Å². The van der Waals surface area contributed by atoms with Gasteiger partial charge in [-0.25, -0.2) is 4.39 Å². The molecule has 1 N–H and O–H groups in total. The third kappa shape index (κ3) is 2.09. The largest absolute Gasteiger partial charge is 0.457 e. The van der Waals surface area contributed by atoms with E-state index in [2.05, 4.69) is 0 Å². The normalized spacial score (nSPS) is 26.5. The molecule has 2 aliphatic rings. The molecule has 2 aromatic carbocycles. The predicted octanol–water partition coefficient (Wildman–Crippen LogP) is 4.93. The minimum Gasteiger partial charge on any atom is -0.457 e. The summed E-state index contributed by atoms with van der Waals surface area (Å²) >= 11 is 0. The first-order chi connectivity index (χ1) is 12.5. The molecule has 0 saturated heterocycles. The highest BCUT2D eigenvalue weighted by molar-refractivity contribution is 5.61. The molecule has 4 rings (SSSR count). The van der Waals surface area contributed by atoms with Crippen molar-refractivity contribution in [2.45, 2.75) is 36.7 Å². The van der Waals surface area contributed by atoms with E-state index < -0.39 is 46.7 Å². The summed E-state index contributed by atoms with van der Waals surface area (Å²) in [6, 6.07) is 6.84. The fourth-order valence-electron chi connectivity index (χ4n) is 4.06. The van der Waals surface area contributed by atoms with Gasteiger partial charge in [0.15, 0.2) is 5.60 Å². The molecule has 0 radical (unpaired) electrons. The number of nitriles is 1. The number of benzene rings is 2. The average molecular weight is 381 g/mol. The lowest BCUT2D eigenvalue weighted by Crippen LogP contribution is -2.48. The molecule has 0 aliphatic heterocycles. The van der Waals surface area contributed by atoms with Crippen molar-refractivity contribution in [1.29, 1.82) is 5.26 Å². The van der Waals surface area contributed by atoms with Crippen LogP contribution in [-0.2, 0) is 11.5 Å². The van der Waals surface area contributed by atoms with E-state index in [0.717, 1.165) is 24.3 Å². The first-order valence-corrected chi connectivity index (χ1v) is 8.07. The maximum Gasteiger partial charge on any atom is 0.346 e. The second-order valence-corrected chi connectivity index (χ2v) is 6.90. The SMILES string of the molecule is CC1C[C@]2(O)c3c(ccc(Oc4cc(F)cc(C#N)c4)c31)C(F)(F)C2(F)F. The van der Waals surface area contributed by atoms with Crippen molar-refractivity contribution in [1.82, 2.24) is 0 Å². The molecule has 3 nitrogen and oxygen atoms in total. The van der Waals surface area contributed by atoms with Crippen LogP contribution in [0.5, 0.6) is 11.5 Å². The van der Waals surface area contributed by atoms with Crippen LogP contribution in [0.1, 0.15) is 41.5 Å². The number of nitrogens with zero attached hydrogens (tertiary/aromatic N) is 1. The fourth-order valence-corrected chi connectivity index (χ4v) is 4.06. The smallest absolute Gasteiger partial charge is 0.346 e. The van der Waals surface area contributed by atoms with E-state index in [1.165, 1.54) is 13.0 Å². The lowest BCUT2D eigenvalue weighted by Gasteiger charge is -2.30. The number of hydrogen-bond donors (Lipinski definition) is 1. The summed E-state index contributed by atoms with van der Waals surface area (Å²) in [6.07, 6.45) is -0.592. The van der Waals surface area contributed by atoms with Crippen LogP contribution in [0.4, 0.5) is 22.0 Å². The molecule has 2 atom stereocenters. The Balaban J connectivity index is 1.89. The van der Waals surface area contributed by atoms with Crippen molar-refractivity contribution in [3.63, 3.8) is 0 Å². The van der Waals surface area contributed by atoms with Crippen LogP contribution in [0.15, 0.2) is 30.3 Å². The van der Waals surface area contributed by atoms with Gasteiger partial charge in [0, 0.05) is 22.8 Å². The summed E-state index contributed by atoms with van der Waals surface area (Å²) in [4.78, 5) is 0. The van der Waals surface area contributed by atoms with Crippen LogP contribution in [-0.4, -0.2) is 11.0 Å². The maximum absolute atomic E-state index is 14.4. The van der Waals surface area contributed by atoms with Crippen LogP contribution in [0.25, 0.3) is 0 Å². The Bertz CT molecular complexity index is 1010. The summed E-state index contributed by atoms with van der Waals surface area (Å²) in [6.45, 7) is 1.51. The minimum atomic E-state index is -4.66. The van der Waals surface area contributed by atoms with Gasteiger partial charge in [0.1, 0.15) is 17.3 Å². The standard InChI is InChI=1S/C19H12F5NO2/c1-9-7-17(26)16-13(18(21,22)19(17,23)24)2-3-14(15(9)16)27-12-5-10(8-25)4-11(20)6-12/h2-6,9,26H,7H2,1H3/t9?,17-/m0/s1. The first-order valence-electron chi connectivity index (χ1n) is 8.07. The Hall–Kier alpha value is -2.66. The highest BCUT2D eigenvalue weighted by Gasteiger charge is 2.78. The van der Waals surface area contributed by atoms with Gasteiger partial charge in [-0.1, -0.05) is 6.92 Å². The number of hydrogen-bond acceptors (Lipinski definition) is 3. The fraction of sp³-hybridized carbons (Fsp3) is 0.316. The van der Waals surface area contributed by atoms with Crippen LogP contribution in [0.2, 0.25) is 0 Å². The summed E-state index contributed by atoms with van der Waals surface area (Å²) in [5.41, 5.74) is -4.45. The molecule has 8 heteroatoms. The number of ether oxygens (including phenoxy) is 1. The zero-order valence-corrected chi connectivity index (χ0v) is 13.9. The summed E-state index contributed by atoms with van der Waals surface area (Å²) in [5, 5.41) is 19.4. The van der Waals surface area contributed by atoms with Crippen molar-refractivity contribution in [2.75, 3.05) is 0 Å². The third-order valence-electron chi connectivity index (χ3n) is 5.19. The number of halogens is 5. The molecule has 2 aromatic rings. The second-order valence-electron chi connectivity index (χ2n) is 6.90. The molecular formula is C19H12F5NO2. The molecule has 1 unspecified atom stereocenters. The highest BCUT2D eigenvalue weighted by Crippen LogP contribution is 2.68. The molecule has 0 amide bonds. The average Bonchev–Trinajstić information content (AvgIpc) is 2.92. The van der Waals surface area contributed by atoms with Gasteiger partial charge in [-0.3, -0.25) is 0 Å². The number of rotatable bonds is 2. The van der Waals surface area contributed by atoms with Gasteiger partial charge in [0.25, 0.3) is 0 Å². The Kier molecular flexibility index (Phi) is 3.41. The van der Waals surface area contributed by atoms with Gasteiger partial charge in [-0.05, 0) is 36.6 Å². The number of alkyl halides is 4. The second kappa shape index (κ2) is 5.20. The van der Waals surface area contributed by atoms with E-state index in [-0.39, 0.29) is 22.6 Å². The first kappa shape index (κ1) is 17.7. The van der Waals surface area contributed by atoms with E-state index in [0.29, 0.717) is 0 Å². The molecule has 140 valence electrons. The van der Waals surface area contributed by atoms with Gasteiger partial charge < -0.3 is 9.84 Å². The van der Waals surface area contributed by atoms with E-state index >= 15 is 0 Å². The Morgan fingerprint density at radius 3 is 2.56 bits per heavy atom. The van der Waals surface area contributed by atoms with Gasteiger partial charge in [-0.15, -0.1) is 0 Å². The Labute approximate surface area is 150 Å². The van der Waals surface area contributed by atoms with Gasteiger partial charge in [0.05, 0.1) is 11.6 Å². The summed E-state index contributed by atoms with van der Waals surface area (Å²) in [5.74, 6) is -10.7. The molecule has 0 heterocycles. The van der Waals surface area contributed by atoms with E-state index in [1.54, 1.807) is 6.07 Å². The molecule has 0 aromatic heterocycles. The zero-order chi connectivity index (χ0) is 19.8. The van der Waals surface area contributed by atoms with Crippen LogP contribution >= 0.6 is 0 Å². The molecule has 2 aliphatic carbocycles. The van der Waals surface area contributed by atoms with Gasteiger partial charge >= 0.3 is 11.8 Å². The molecule has 0 saturated carbocycles. The lowest BCUT2D eigenvalue weighted by molar-refractivity contribution is -0.286. The van der Waals surface area contributed by atoms with E-state index in [9.17, 15) is 27.1 Å².